The predicted molar refractivity (Wildman–Crippen MR) is 68.2 cm³/mol. The van der Waals surface area contributed by atoms with Gasteiger partial charge < -0.3 is 19.8 Å². The first-order valence-electron chi connectivity index (χ1n) is 5.72. The van der Waals surface area contributed by atoms with E-state index in [2.05, 4.69) is 0 Å². The van der Waals surface area contributed by atoms with Crippen LogP contribution in [0.4, 0.5) is 0 Å². The standard InChI is InChI=1S/C13H17NO5/c1-14(7-9(15)8-19-2)12(16)10-5-3-4-6-11(10)13(17)18/h3-6,9,15H,7-8H2,1-2H3,(H,17,18). The van der Waals surface area contributed by atoms with Crippen molar-refractivity contribution in [1.82, 2.24) is 4.90 Å². The van der Waals surface area contributed by atoms with Crippen molar-refractivity contribution >= 4 is 11.9 Å². The zero-order valence-electron chi connectivity index (χ0n) is 10.9. The Morgan fingerprint density at radius 2 is 1.89 bits per heavy atom. The number of carboxylic acid groups (broad SMARTS) is 1. The molecule has 19 heavy (non-hydrogen) atoms. The molecule has 0 radical (unpaired) electrons. The first kappa shape index (κ1) is 15.1. The molecule has 0 bridgehead atoms. The molecule has 1 amide bonds. The Balaban J connectivity index is 2.85. The number of hydrogen-bond acceptors (Lipinski definition) is 4. The van der Waals surface area contributed by atoms with Crippen LogP contribution in [0.5, 0.6) is 0 Å². The van der Waals surface area contributed by atoms with Gasteiger partial charge in [0.05, 0.1) is 23.8 Å². The van der Waals surface area contributed by atoms with Gasteiger partial charge in [-0.3, -0.25) is 4.79 Å². The van der Waals surface area contributed by atoms with Crippen molar-refractivity contribution in [2.24, 2.45) is 0 Å². The molecule has 0 heterocycles. The predicted octanol–water partition coefficient (Wildman–Crippen LogP) is 0.464. The van der Waals surface area contributed by atoms with Gasteiger partial charge in [-0.05, 0) is 12.1 Å². The van der Waals surface area contributed by atoms with Gasteiger partial charge in [-0.1, -0.05) is 12.1 Å². The van der Waals surface area contributed by atoms with Crippen LogP contribution in [-0.2, 0) is 4.74 Å². The van der Waals surface area contributed by atoms with Crippen LogP contribution in [0, 0.1) is 0 Å². The van der Waals surface area contributed by atoms with E-state index in [1.54, 1.807) is 12.1 Å². The van der Waals surface area contributed by atoms with Crippen molar-refractivity contribution < 1.29 is 24.5 Å². The Hall–Kier alpha value is -1.92. The Kier molecular flexibility index (Phi) is 5.47. The first-order valence-corrected chi connectivity index (χ1v) is 5.72. The van der Waals surface area contributed by atoms with Crippen LogP contribution in [-0.4, -0.2) is 60.4 Å². The number of rotatable bonds is 6. The molecule has 0 aliphatic heterocycles. The number of aliphatic hydroxyl groups is 1. The number of ether oxygens (including phenoxy) is 1. The molecule has 2 N–H and O–H groups in total. The molecule has 0 saturated heterocycles. The smallest absolute Gasteiger partial charge is 0.336 e. The number of amides is 1. The maximum Gasteiger partial charge on any atom is 0.336 e. The number of nitrogens with zero attached hydrogens (tertiary/aromatic N) is 1. The lowest BCUT2D eigenvalue weighted by Crippen LogP contribution is -2.36. The number of carboxylic acids is 1. The zero-order chi connectivity index (χ0) is 14.4. The molecule has 1 atom stereocenters. The van der Waals surface area contributed by atoms with Crippen molar-refractivity contribution in [2.45, 2.75) is 6.10 Å². The molecular formula is C13H17NO5. The summed E-state index contributed by atoms with van der Waals surface area (Å²) in [5.74, 6) is -1.61. The Labute approximate surface area is 111 Å². The van der Waals surface area contributed by atoms with E-state index in [0.29, 0.717) is 0 Å². The van der Waals surface area contributed by atoms with Gasteiger partial charge in [0.15, 0.2) is 0 Å². The summed E-state index contributed by atoms with van der Waals surface area (Å²) in [6.45, 7) is 0.179. The van der Waals surface area contributed by atoms with Crippen molar-refractivity contribution in [1.29, 1.82) is 0 Å². The molecule has 6 heteroatoms. The Morgan fingerprint density at radius 3 is 2.42 bits per heavy atom. The average Bonchev–Trinajstić information content (AvgIpc) is 2.37. The summed E-state index contributed by atoms with van der Waals surface area (Å²) >= 11 is 0. The lowest BCUT2D eigenvalue weighted by molar-refractivity contribution is 0.0378. The van der Waals surface area contributed by atoms with E-state index < -0.39 is 18.0 Å². The van der Waals surface area contributed by atoms with Gasteiger partial charge in [0.1, 0.15) is 0 Å². The number of aliphatic hydroxyl groups excluding tert-OH is 1. The summed E-state index contributed by atoms with van der Waals surface area (Å²) in [5, 5.41) is 18.6. The lowest BCUT2D eigenvalue weighted by Gasteiger charge is -2.21. The molecule has 1 aromatic rings. The number of methoxy groups -OCH3 is 1. The fraction of sp³-hybridized carbons (Fsp3) is 0.385. The normalized spacial score (nSPS) is 11.9. The summed E-state index contributed by atoms with van der Waals surface area (Å²) in [6.07, 6.45) is -0.809. The average molecular weight is 267 g/mol. The fourth-order valence-corrected chi connectivity index (χ4v) is 1.71. The van der Waals surface area contributed by atoms with Crippen LogP contribution in [0.2, 0.25) is 0 Å². The van der Waals surface area contributed by atoms with Crippen LogP contribution >= 0.6 is 0 Å². The van der Waals surface area contributed by atoms with Gasteiger partial charge in [0, 0.05) is 20.7 Å². The summed E-state index contributed by atoms with van der Waals surface area (Å²) in [7, 11) is 2.95. The summed E-state index contributed by atoms with van der Waals surface area (Å²) < 4.78 is 4.77. The third-order valence-corrected chi connectivity index (χ3v) is 2.58. The van der Waals surface area contributed by atoms with Crippen LogP contribution in [0.3, 0.4) is 0 Å². The zero-order valence-corrected chi connectivity index (χ0v) is 10.9. The highest BCUT2D eigenvalue weighted by Crippen LogP contribution is 2.11. The number of carbonyl (C=O) groups is 2. The molecule has 0 aliphatic rings. The van der Waals surface area contributed by atoms with Crippen LogP contribution in [0.1, 0.15) is 20.7 Å². The highest BCUT2D eigenvalue weighted by Gasteiger charge is 2.20. The molecule has 1 aromatic carbocycles. The summed E-state index contributed by atoms with van der Waals surface area (Å²) in [5.41, 5.74) is 0.0442. The van der Waals surface area contributed by atoms with E-state index in [1.165, 1.54) is 31.2 Å². The summed E-state index contributed by atoms with van der Waals surface area (Å²) in [4.78, 5) is 24.4. The quantitative estimate of drug-likeness (QED) is 0.782. The van der Waals surface area contributed by atoms with E-state index in [0.717, 1.165) is 0 Å². The highest BCUT2D eigenvalue weighted by atomic mass is 16.5. The van der Waals surface area contributed by atoms with Gasteiger partial charge in [-0.15, -0.1) is 0 Å². The maximum atomic E-state index is 12.1. The van der Waals surface area contributed by atoms with Crippen molar-refractivity contribution in [3.8, 4) is 0 Å². The van der Waals surface area contributed by atoms with Crippen LogP contribution in [0.25, 0.3) is 0 Å². The minimum absolute atomic E-state index is 0.0550. The Bertz CT molecular complexity index is 460. The molecular weight excluding hydrogens is 250 g/mol. The molecule has 0 aromatic heterocycles. The van der Waals surface area contributed by atoms with Gasteiger partial charge in [0.25, 0.3) is 5.91 Å². The third kappa shape index (κ3) is 4.04. The monoisotopic (exact) mass is 267 g/mol. The van der Waals surface area contributed by atoms with E-state index in [1.807, 2.05) is 0 Å². The van der Waals surface area contributed by atoms with Gasteiger partial charge in [0.2, 0.25) is 0 Å². The van der Waals surface area contributed by atoms with Crippen molar-refractivity contribution in [3.63, 3.8) is 0 Å². The molecule has 0 fully saturated rings. The second kappa shape index (κ2) is 6.86. The van der Waals surface area contributed by atoms with Gasteiger partial charge >= 0.3 is 5.97 Å². The van der Waals surface area contributed by atoms with E-state index in [4.69, 9.17) is 9.84 Å². The second-order valence-electron chi connectivity index (χ2n) is 4.15. The molecule has 0 saturated carbocycles. The first-order chi connectivity index (χ1) is 8.97. The number of carbonyl (C=O) groups excluding carboxylic acids is 1. The van der Waals surface area contributed by atoms with E-state index >= 15 is 0 Å². The Morgan fingerprint density at radius 1 is 1.32 bits per heavy atom. The highest BCUT2D eigenvalue weighted by molar-refractivity contribution is 6.04. The minimum Gasteiger partial charge on any atom is -0.478 e. The minimum atomic E-state index is -1.16. The van der Waals surface area contributed by atoms with Gasteiger partial charge in [-0.25, -0.2) is 4.79 Å². The van der Waals surface area contributed by atoms with Crippen LogP contribution < -0.4 is 0 Å². The van der Waals surface area contributed by atoms with Crippen molar-refractivity contribution in [2.75, 3.05) is 27.3 Å². The second-order valence-corrected chi connectivity index (χ2v) is 4.15. The fourth-order valence-electron chi connectivity index (χ4n) is 1.71. The molecule has 0 aliphatic carbocycles. The molecule has 1 rings (SSSR count). The maximum absolute atomic E-state index is 12.1. The number of benzene rings is 1. The molecule has 6 nitrogen and oxygen atoms in total. The van der Waals surface area contributed by atoms with Gasteiger partial charge in [-0.2, -0.15) is 0 Å². The number of hydrogen-bond donors (Lipinski definition) is 2. The van der Waals surface area contributed by atoms with E-state index in [9.17, 15) is 14.7 Å². The lowest BCUT2D eigenvalue weighted by atomic mass is 10.1. The summed E-state index contributed by atoms with van der Waals surface area (Å²) in [6, 6.07) is 5.97. The van der Waals surface area contributed by atoms with E-state index in [-0.39, 0.29) is 24.3 Å². The molecule has 0 spiro atoms. The SMILES string of the molecule is COCC(O)CN(C)C(=O)c1ccccc1C(=O)O. The molecule has 1 unspecified atom stereocenters. The number of likely N-dealkylation sites (N-methyl/N-ethyl adjacent to an activating group) is 1. The number of aromatic carboxylic acids is 1. The van der Waals surface area contributed by atoms with Crippen molar-refractivity contribution in [3.05, 3.63) is 35.4 Å². The topological polar surface area (TPSA) is 87.1 Å². The largest absolute Gasteiger partial charge is 0.478 e. The molecule has 104 valence electrons. The third-order valence-electron chi connectivity index (χ3n) is 2.58. The van der Waals surface area contributed by atoms with Crippen LogP contribution in [0.15, 0.2) is 24.3 Å².